The van der Waals surface area contributed by atoms with E-state index in [2.05, 4.69) is 30.2 Å². The molecule has 0 saturated heterocycles. The van der Waals surface area contributed by atoms with Crippen LogP contribution in [-0.2, 0) is 0 Å². The van der Waals surface area contributed by atoms with Gasteiger partial charge in [-0.05, 0) is 45.1 Å². The molecule has 0 bridgehead atoms. The van der Waals surface area contributed by atoms with Crippen molar-refractivity contribution in [2.45, 2.75) is 20.8 Å². The maximum Gasteiger partial charge on any atom is 0.263 e. The number of benzene rings is 1. The van der Waals surface area contributed by atoms with E-state index in [1.54, 1.807) is 12.1 Å². The molecule has 0 atom stereocenters. The first-order valence-corrected chi connectivity index (χ1v) is 9.71. The van der Waals surface area contributed by atoms with E-state index in [0.717, 1.165) is 17.1 Å². The van der Waals surface area contributed by atoms with Gasteiger partial charge in [0.2, 0.25) is 0 Å². The molecule has 2 aromatic rings. The lowest BCUT2D eigenvalue weighted by Gasteiger charge is -2.10. The van der Waals surface area contributed by atoms with Gasteiger partial charge < -0.3 is 15.0 Å². The minimum absolute atomic E-state index is 0.115. The zero-order chi connectivity index (χ0) is 20.0. The van der Waals surface area contributed by atoms with Gasteiger partial charge in [-0.3, -0.25) is 4.79 Å². The van der Waals surface area contributed by atoms with E-state index in [1.165, 1.54) is 11.3 Å². The first-order valence-electron chi connectivity index (χ1n) is 8.89. The first kappa shape index (κ1) is 20.9. The van der Waals surface area contributed by atoms with Crippen molar-refractivity contribution in [1.29, 1.82) is 5.26 Å². The number of thiazole rings is 1. The van der Waals surface area contributed by atoms with E-state index in [0.29, 0.717) is 41.0 Å². The van der Waals surface area contributed by atoms with E-state index in [9.17, 15) is 10.1 Å². The Bertz CT molecular complexity index is 837. The highest BCUT2D eigenvalue weighted by Gasteiger charge is 2.17. The highest BCUT2D eigenvalue weighted by Crippen LogP contribution is 2.31. The molecular weight excluding hydrogens is 360 g/mol. The Morgan fingerprint density at radius 3 is 2.78 bits per heavy atom. The predicted octanol–water partition coefficient (Wildman–Crippen LogP) is 3.32. The summed E-state index contributed by atoms with van der Waals surface area (Å²) in [5, 5.41) is 13.1. The Labute approximate surface area is 164 Å². The second-order valence-electron chi connectivity index (χ2n) is 7.02. The summed E-state index contributed by atoms with van der Waals surface area (Å²) >= 11 is 1.34. The second-order valence-corrected chi connectivity index (χ2v) is 8.02. The maximum absolute atomic E-state index is 12.4. The van der Waals surface area contributed by atoms with Crippen LogP contribution in [0.25, 0.3) is 10.6 Å². The number of aromatic nitrogens is 1. The number of nitrogens with one attached hydrogen (secondary N) is 1. The van der Waals surface area contributed by atoms with Crippen LogP contribution in [0, 0.1) is 24.2 Å². The van der Waals surface area contributed by atoms with E-state index >= 15 is 0 Å². The lowest BCUT2D eigenvalue weighted by atomic mass is 10.1. The zero-order valence-electron chi connectivity index (χ0n) is 16.5. The summed E-state index contributed by atoms with van der Waals surface area (Å²) in [7, 11) is 3.92. The number of hydrogen-bond donors (Lipinski definition) is 1. The minimum atomic E-state index is -0.115. The van der Waals surface area contributed by atoms with Crippen molar-refractivity contribution in [2.24, 2.45) is 5.92 Å². The summed E-state index contributed by atoms with van der Waals surface area (Å²) in [5.74, 6) is 0.840. The lowest BCUT2D eigenvalue weighted by Crippen LogP contribution is -2.31. The number of likely N-dealkylation sites (N-methyl/N-ethyl adjacent to an activating group) is 1. The summed E-state index contributed by atoms with van der Waals surface area (Å²) in [6.07, 6.45) is 0. The van der Waals surface area contributed by atoms with Crippen LogP contribution in [0.5, 0.6) is 5.75 Å². The first-order chi connectivity index (χ1) is 12.8. The molecule has 0 unspecified atom stereocenters. The summed E-state index contributed by atoms with van der Waals surface area (Å²) in [4.78, 5) is 19.5. The van der Waals surface area contributed by atoms with E-state index in [4.69, 9.17) is 4.74 Å². The van der Waals surface area contributed by atoms with Gasteiger partial charge in [0, 0.05) is 18.7 Å². The van der Waals surface area contributed by atoms with E-state index in [1.807, 2.05) is 32.0 Å². The van der Waals surface area contributed by atoms with Crippen LogP contribution in [0.4, 0.5) is 0 Å². The van der Waals surface area contributed by atoms with Gasteiger partial charge in [-0.25, -0.2) is 4.98 Å². The van der Waals surface area contributed by atoms with Crippen LogP contribution in [0.3, 0.4) is 0 Å². The largest absolute Gasteiger partial charge is 0.492 e. The molecule has 0 spiro atoms. The number of nitrogens with zero attached hydrogens (tertiary/aromatic N) is 3. The number of rotatable bonds is 8. The number of hydrogen-bond acceptors (Lipinski definition) is 6. The molecule has 1 N–H and O–H groups in total. The van der Waals surface area contributed by atoms with Crippen molar-refractivity contribution in [2.75, 3.05) is 33.8 Å². The SMILES string of the molecule is Cc1nc(-c2ccc(OCC(C)C)c(C#N)c2)sc1C(=O)NCCN(C)C. The monoisotopic (exact) mass is 386 g/mol. The van der Waals surface area contributed by atoms with Gasteiger partial charge >= 0.3 is 0 Å². The van der Waals surface area contributed by atoms with Crippen molar-refractivity contribution >= 4 is 17.2 Å². The highest BCUT2D eigenvalue weighted by atomic mass is 32.1. The number of carbonyl (C=O) groups is 1. The van der Waals surface area contributed by atoms with Crippen molar-refractivity contribution in [1.82, 2.24) is 15.2 Å². The van der Waals surface area contributed by atoms with Crippen LogP contribution in [0.2, 0.25) is 0 Å². The van der Waals surface area contributed by atoms with Crippen molar-refractivity contribution in [3.63, 3.8) is 0 Å². The average Bonchev–Trinajstić information content (AvgIpc) is 3.01. The predicted molar refractivity (Wildman–Crippen MR) is 108 cm³/mol. The van der Waals surface area contributed by atoms with Crippen molar-refractivity contribution < 1.29 is 9.53 Å². The number of aryl methyl sites for hydroxylation is 1. The number of nitriles is 1. The molecule has 1 aromatic carbocycles. The molecular formula is C20H26N4O2S. The Kier molecular flexibility index (Phi) is 7.34. The third-order valence-corrected chi connectivity index (χ3v) is 4.97. The van der Waals surface area contributed by atoms with Gasteiger partial charge in [0.25, 0.3) is 5.91 Å². The molecule has 0 aliphatic rings. The molecule has 144 valence electrons. The molecule has 0 aliphatic heterocycles. The molecule has 0 aliphatic carbocycles. The average molecular weight is 387 g/mol. The Morgan fingerprint density at radius 1 is 1.41 bits per heavy atom. The molecule has 1 aromatic heterocycles. The third kappa shape index (κ3) is 5.78. The van der Waals surface area contributed by atoms with Gasteiger partial charge in [0.1, 0.15) is 21.7 Å². The van der Waals surface area contributed by atoms with E-state index in [-0.39, 0.29) is 5.91 Å². The second kappa shape index (κ2) is 9.49. The Morgan fingerprint density at radius 2 is 2.15 bits per heavy atom. The maximum atomic E-state index is 12.4. The number of carbonyl (C=O) groups excluding carboxylic acids is 1. The quantitative estimate of drug-likeness (QED) is 0.753. The van der Waals surface area contributed by atoms with Crippen LogP contribution in [0.1, 0.15) is 34.8 Å². The molecule has 0 radical (unpaired) electrons. The fraction of sp³-hybridized carbons (Fsp3) is 0.450. The highest BCUT2D eigenvalue weighted by molar-refractivity contribution is 7.17. The molecule has 0 fully saturated rings. The molecule has 7 heteroatoms. The Hall–Kier alpha value is -2.43. The van der Waals surface area contributed by atoms with Crippen LogP contribution in [0.15, 0.2) is 18.2 Å². The summed E-state index contributed by atoms with van der Waals surface area (Å²) in [6, 6.07) is 7.62. The number of amides is 1. The molecule has 2 rings (SSSR count). The summed E-state index contributed by atoms with van der Waals surface area (Å²) in [6.45, 7) is 7.86. The van der Waals surface area contributed by atoms with Gasteiger partial charge in [-0.2, -0.15) is 5.26 Å². The molecule has 1 amide bonds. The topological polar surface area (TPSA) is 78.2 Å². The Balaban J connectivity index is 2.19. The fourth-order valence-electron chi connectivity index (χ4n) is 2.34. The lowest BCUT2D eigenvalue weighted by molar-refractivity contribution is 0.0954. The third-order valence-electron chi connectivity index (χ3n) is 3.77. The molecule has 27 heavy (non-hydrogen) atoms. The molecule has 1 heterocycles. The molecule has 6 nitrogen and oxygen atoms in total. The van der Waals surface area contributed by atoms with Crippen LogP contribution < -0.4 is 10.1 Å². The normalized spacial score (nSPS) is 10.9. The van der Waals surface area contributed by atoms with Gasteiger partial charge in [0.05, 0.1) is 17.9 Å². The zero-order valence-corrected chi connectivity index (χ0v) is 17.3. The standard InChI is InChI=1S/C20H26N4O2S/c1-13(2)12-26-17-7-6-15(10-16(17)11-21)20-23-14(3)18(27-20)19(25)22-8-9-24(4)5/h6-7,10,13H,8-9,12H2,1-5H3,(H,22,25). The van der Waals surface area contributed by atoms with Crippen molar-refractivity contribution in [3.05, 3.63) is 34.3 Å². The van der Waals surface area contributed by atoms with E-state index < -0.39 is 0 Å². The summed E-state index contributed by atoms with van der Waals surface area (Å²) in [5.41, 5.74) is 1.97. The van der Waals surface area contributed by atoms with Gasteiger partial charge in [-0.15, -0.1) is 11.3 Å². The van der Waals surface area contributed by atoms with Crippen LogP contribution >= 0.6 is 11.3 Å². The summed E-state index contributed by atoms with van der Waals surface area (Å²) < 4.78 is 5.70. The molecule has 0 saturated carbocycles. The van der Waals surface area contributed by atoms with Gasteiger partial charge in [0.15, 0.2) is 0 Å². The minimum Gasteiger partial charge on any atom is -0.492 e. The van der Waals surface area contributed by atoms with Crippen molar-refractivity contribution in [3.8, 4) is 22.4 Å². The fourth-order valence-corrected chi connectivity index (χ4v) is 3.32. The number of ether oxygens (including phenoxy) is 1. The van der Waals surface area contributed by atoms with Gasteiger partial charge in [-0.1, -0.05) is 13.8 Å². The van der Waals surface area contributed by atoms with Crippen LogP contribution in [-0.4, -0.2) is 49.6 Å². The smallest absolute Gasteiger partial charge is 0.263 e.